The average molecular weight is 211 g/mol. The minimum absolute atomic E-state index is 0.0120. The van der Waals surface area contributed by atoms with E-state index in [0.717, 1.165) is 5.69 Å². The molecule has 1 aliphatic heterocycles. The van der Waals surface area contributed by atoms with Crippen LogP contribution in [0, 0.1) is 5.82 Å². The van der Waals surface area contributed by atoms with E-state index in [-0.39, 0.29) is 11.9 Å². The molecule has 4 heteroatoms. The van der Waals surface area contributed by atoms with Gasteiger partial charge in [-0.3, -0.25) is 0 Å². The van der Waals surface area contributed by atoms with E-state index in [1.54, 1.807) is 13.2 Å². The van der Waals surface area contributed by atoms with Crippen molar-refractivity contribution in [1.29, 1.82) is 0 Å². The third kappa shape index (κ3) is 2.04. The van der Waals surface area contributed by atoms with Gasteiger partial charge in [0.25, 0.3) is 0 Å². The summed E-state index contributed by atoms with van der Waals surface area (Å²) < 4.78 is 23.7. The first kappa shape index (κ1) is 10.2. The van der Waals surface area contributed by atoms with Crippen molar-refractivity contribution in [2.75, 3.05) is 32.2 Å². The Morgan fingerprint density at radius 1 is 1.60 bits per heavy atom. The molecule has 2 rings (SSSR count). The Bertz CT molecular complexity index is 356. The summed E-state index contributed by atoms with van der Waals surface area (Å²) in [6, 6.07) is 4.54. The Labute approximate surface area is 88.4 Å². The molecule has 15 heavy (non-hydrogen) atoms. The zero-order chi connectivity index (χ0) is 10.8. The van der Waals surface area contributed by atoms with E-state index >= 15 is 0 Å². The lowest BCUT2D eigenvalue weighted by atomic mass is 10.2. The molecule has 1 heterocycles. The highest BCUT2D eigenvalue weighted by Crippen LogP contribution is 2.32. The van der Waals surface area contributed by atoms with Crippen LogP contribution in [0.2, 0.25) is 0 Å². The van der Waals surface area contributed by atoms with Gasteiger partial charge in [0.2, 0.25) is 0 Å². The standard InChI is InChI=1S/C11H14FNO2/c1-13-6-9(7-14-2)15-11-4-3-8(12)5-10(11)13/h3-5,9H,6-7H2,1-2H3/t9-/m1/s1. The normalized spacial score (nSPS) is 19.7. The van der Waals surface area contributed by atoms with E-state index < -0.39 is 0 Å². The van der Waals surface area contributed by atoms with Crippen LogP contribution < -0.4 is 9.64 Å². The Morgan fingerprint density at radius 3 is 3.13 bits per heavy atom. The molecule has 0 N–H and O–H groups in total. The molecule has 1 atom stereocenters. The van der Waals surface area contributed by atoms with E-state index in [4.69, 9.17) is 9.47 Å². The summed E-state index contributed by atoms with van der Waals surface area (Å²) in [5.74, 6) is 0.474. The van der Waals surface area contributed by atoms with Crippen molar-refractivity contribution in [2.24, 2.45) is 0 Å². The largest absolute Gasteiger partial charge is 0.484 e. The molecule has 0 radical (unpaired) electrons. The van der Waals surface area contributed by atoms with Gasteiger partial charge in [-0.25, -0.2) is 4.39 Å². The number of halogens is 1. The van der Waals surface area contributed by atoms with Crippen molar-refractivity contribution in [1.82, 2.24) is 0 Å². The van der Waals surface area contributed by atoms with Crippen molar-refractivity contribution in [3.63, 3.8) is 0 Å². The van der Waals surface area contributed by atoms with E-state index in [1.807, 2.05) is 11.9 Å². The summed E-state index contributed by atoms with van der Waals surface area (Å²) in [5, 5.41) is 0. The van der Waals surface area contributed by atoms with Crippen LogP contribution in [0.1, 0.15) is 0 Å². The lowest BCUT2D eigenvalue weighted by molar-refractivity contribution is 0.0800. The van der Waals surface area contributed by atoms with Gasteiger partial charge in [-0.1, -0.05) is 0 Å². The number of hydrogen-bond donors (Lipinski definition) is 0. The fourth-order valence-electron chi connectivity index (χ4n) is 1.78. The number of nitrogens with zero attached hydrogens (tertiary/aromatic N) is 1. The Kier molecular flexibility index (Phi) is 2.77. The van der Waals surface area contributed by atoms with Crippen LogP contribution >= 0.6 is 0 Å². The number of likely N-dealkylation sites (N-methyl/N-ethyl adjacent to an activating group) is 1. The lowest BCUT2D eigenvalue weighted by Gasteiger charge is -2.33. The summed E-state index contributed by atoms with van der Waals surface area (Å²) >= 11 is 0. The molecule has 0 unspecified atom stereocenters. The summed E-state index contributed by atoms with van der Waals surface area (Å²) in [4.78, 5) is 1.98. The maximum Gasteiger partial charge on any atom is 0.143 e. The quantitative estimate of drug-likeness (QED) is 0.742. The van der Waals surface area contributed by atoms with E-state index in [1.165, 1.54) is 12.1 Å². The highest BCUT2D eigenvalue weighted by atomic mass is 19.1. The number of anilines is 1. The fourth-order valence-corrected chi connectivity index (χ4v) is 1.78. The van der Waals surface area contributed by atoms with E-state index in [0.29, 0.717) is 18.9 Å². The second-order valence-corrected chi connectivity index (χ2v) is 3.69. The second kappa shape index (κ2) is 4.06. The Balaban J connectivity index is 2.24. The third-order valence-electron chi connectivity index (χ3n) is 2.46. The molecule has 1 aromatic rings. The highest BCUT2D eigenvalue weighted by Gasteiger charge is 2.23. The molecule has 1 aromatic carbocycles. The molecule has 0 saturated heterocycles. The van der Waals surface area contributed by atoms with Crippen molar-refractivity contribution < 1.29 is 13.9 Å². The minimum atomic E-state index is -0.241. The zero-order valence-electron chi connectivity index (χ0n) is 8.87. The topological polar surface area (TPSA) is 21.7 Å². The fraction of sp³-hybridized carbons (Fsp3) is 0.455. The van der Waals surface area contributed by atoms with Crippen LogP contribution in [0.15, 0.2) is 18.2 Å². The number of methoxy groups -OCH3 is 1. The predicted octanol–water partition coefficient (Wildman–Crippen LogP) is 1.67. The first-order valence-electron chi connectivity index (χ1n) is 4.87. The van der Waals surface area contributed by atoms with Crippen LogP contribution in [-0.2, 0) is 4.74 Å². The zero-order valence-corrected chi connectivity index (χ0v) is 8.87. The molecular weight excluding hydrogens is 197 g/mol. The first-order chi connectivity index (χ1) is 7.20. The number of benzene rings is 1. The van der Waals surface area contributed by atoms with Gasteiger partial charge in [-0.15, -0.1) is 0 Å². The van der Waals surface area contributed by atoms with Crippen molar-refractivity contribution >= 4 is 5.69 Å². The molecule has 0 aromatic heterocycles. The SMILES string of the molecule is COC[C@H]1CN(C)c2cc(F)ccc2O1. The van der Waals surface area contributed by atoms with E-state index in [9.17, 15) is 4.39 Å². The maximum absolute atomic E-state index is 13.0. The van der Waals surface area contributed by atoms with E-state index in [2.05, 4.69) is 0 Å². The van der Waals surface area contributed by atoms with Crippen molar-refractivity contribution in [2.45, 2.75) is 6.10 Å². The predicted molar refractivity (Wildman–Crippen MR) is 56.0 cm³/mol. The molecule has 82 valence electrons. The van der Waals surface area contributed by atoms with Gasteiger partial charge in [0.15, 0.2) is 0 Å². The smallest absolute Gasteiger partial charge is 0.143 e. The monoisotopic (exact) mass is 211 g/mol. The minimum Gasteiger partial charge on any atom is -0.484 e. The second-order valence-electron chi connectivity index (χ2n) is 3.69. The highest BCUT2D eigenvalue weighted by molar-refractivity contribution is 5.59. The molecule has 0 fully saturated rings. The number of hydrogen-bond acceptors (Lipinski definition) is 3. The van der Waals surface area contributed by atoms with Gasteiger partial charge >= 0.3 is 0 Å². The van der Waals surface area contributed by atoms with Crippen LogP contribution in [0.25, 0.3) is 0 Å². The molecule has 0 saturated carbocycles. The van der Waals surface area contributed by atoms with Crippen LogP contribution in [0.3, 0.4) is 0 Å². The summed E-state index contributed by atoms with van der Waals surface area (Å²) in [6.07, 6.45) is 0.0120. The molecular formula is C11H14FNO2. The number of fused-ring (bicyclic) bond motifs is 1. The molecule has 3 nitrogen and oxygen atoms in total. The van der Waals surface area contributed by atoms with Crippen LogP contribution in [0.5, 0.6) is 5.75 Å². The summed E-state index contributed by atoms with van der Waals surface area (Å²) in [5.41, 5.74) is 0.794. The Morgan fingerprint density at radius 2 is 2.40 bits per heavy atom. The maximum atomic E-state index is 13.0. The molecule has 0 aliphatic carbocycles. The summed E-state index contributed by atoms with van der Waals surface area (Å²) in [6.45, 7) is 1.26. The molecule has 1 aliphatic rings. The van der Waals surface area contributed by atoms with Crippen molar-refractivity contribution in [3.05, 3.63) is 24.0 Å². The molecule has 0 bridgehead atoms. The number of rotatable bonds is 2. The van der Waals surface area contributed by atoms with Crippen LogP contribution in [0.4, 0.5) is 10.1 Å². The van der Waals surface area contributed by atoms with Gasteiger partial charge in [0.05, 0.1) is 18.8 Å². The van der Waals surface area contributed by atoms with Crippen molar-refractivity contribution in [3.8, 4) is 5.75 Å². The van der Waals surface area contributed by atoms with Gasteiger partial charge < -0.3 is 14.4 Å². The first-order valence-corrected chi connectivity index (χ1v) is 4.87. The number of ether oxygens (including phenoxy) is 2. The lowest BCUT2D eigenvalue weighted by Crippen LogP contribution is -2.40. The average Bonchev–Trinajstić information content (AvgIpc) is 2.20. The summed E-state index contributed by atoms with van der Waals surface area (Å²) in [7, 11) is 3.56. The van der Waals surface area contributed by atoms with Gasteiger partial charge in [0, 0.05) is 20.2 Å². The third-order valence-corrected chi connectivity index (χ3v) is 2.46. The van der Waals surface area contributed by atoms with Gasteiger partial charge in [-0.05, 0) is 12.1 Å². The van der Waals surface area contributed by atoms with Gasteiger partial charge in [0.1, 0.15) is 17.7 Å². The molecule has 0 spiro atoms. The Hall–Kier alpha value is -1.29. The van der Waals surface area contributed by atoms with Crippen LogP contribution in [-0.4, -0.2) is 33.4 Å². The van der Waals surface area contributed by atoms with Gasteiger partial charge in [-0.2, -0.15) is 0 Å². The molecule has 0 amide bonds.